The van der Waals surface area contributed by atoms with Crippen LogP contribution in [0.1, 0.15) is 5.56 Å². The van der Waals surface area contributed by atoms with Crippen LogP contribution < -0.4 is 9.62 Å². The summed E-state index contributed by atoms with van der Waals surface area (Å²) in [6.07, 6.45) is 1.75. The second-order valence-corrected chi connectivity index (χ2v) is 10.2. The first-order valence-electron chi connectivity index (χ1n) is 8.92. The van der Waals surface area contributed by atoms with E-state index in [1.54, 1.807) is 49.4 Å². The van der Waals surface area contributed by atoms with Gasteiger partial charge in [0, 0.05) is 5.75 Å². The zero-order valence-electron chi connectivity index (χ0n) is 16.2. The average molecular weight is 461 g/mol. The highest BCUT2D eigenvalue weighted by atomic mass is 32.2. The number of rotatable bonds is 9. The zero-order chi connectivity index (χ0) is 21.6. The van der Waals surface area contributed by atoms with Crippen LogP contribution in [0.4, 0.5) is 10.8 Å². The maximum absolute atomic E-state index is 13.3. The van der Waals surface area contributed by atoms with Crippen molar-refractivity contribution in [2.75, 3.05) is 21.9 Å². The summed E-state index contributed by atoms with van der Waals surface area (Å²) in [5.41, 5.74) is 1.18. The van der Waals surface area contributed by atoms with Crippen molar-refractivity contribution in [3.05, 3.63) is 72.8 Å². The molecule has 0 aliphatic rings. The van der Waals surface area contributed by atoms with Gasteiger partial charge in [-0.2, -0.15) is 0 Å². The molecule has 0 aliphatic heterocycles. The quantitative estimate of drug-likeness (QED) is 0.295. The summed E-state index contributed by atoms with van der Waals surface area (Å²) in [6.45, 7) is 5.06. The lowest BCUT2D eigenvalue weighted by Gasteiger charge is -2.25. The number of nitrogens with zero attached hydrogens (tertiary/aromatic N) is 3. The number of nitrogens with one attached hydrogen (secondary N) is 1. The molecular formula is C20H20N4O3S3. The third-order valence-corrected chi connectivity index (χ3v) is 7.72. The number of amides is 1. The Kier molecular flexibility index (Phi) is 7.24. The molecule has 3 rings (SSSR count). The highest BCUT2D eigenvalue weighted by Gasteiger charge is 2.28. The van der Waals surface area contributed by atoms with Crippen LogP contribution in [0.25, 0.3) is 0 Å². The number of thioether (sulfide) groups is 1. The highest BCUT2D eigenvalue weighted by molar-refractivity contribution is 8.01. The normalized spacial score (nSPS) is 11.1. The van der Waals surface area contributed by atoms with Gasteiger partial charge in [-0.1, -0.05) is 65.6 Å². The molecule has 30 heavy (non-hydrogen) atoms. The van der Waals surface area contributed by atoms with E-state index in [1.807, 2.05) is 6.07 Å². The summed E-state index contributed by atoms with van der Waals surface area (Å²) in [5, 5.41) is 10.9. The molecule has 0 radical (unpaired) electrons. The SMILES string of the molecule is C=CCSc1nnc(NC(=O)CN(c2ccccc2C)S(=O)(=O)c2ccccc2)s1. The summed E-state index contributed by atoms with van der Waals surface area (Å²) in [4.78, 5) is 12.8. The van der Waals surface area contributed by atoms with Crippen molar-refractivity contribution in [1.29, 1.82) is 0 Å². The topological polar surface area (TPSA) is 92.3 Å². The van der Waals surface area contributed by atoms with Crippen molar-refractivity contribution in [1.82, 2.24) is 10.2 Å². The molecule has 156 valence electrons. The number of anilines is 2. The molecular weight excluding hydrogens is 440 g/mol. The molecule has 10 heteroatoms. The Bertz CT molecular complexity index is 1130. The molecule has 0 atom stereocenters. The fourth-order valence-electron chi connectivity index (χ4n) is 2.60. The number of sulfonamides is 1. The van der Waals surface area contributed by atoms with Gasteiger partial charge in [0.25, 0.3) is 10.0 Å². The van der Waals surface area contributed by atoms with Gasteiger partial charge in [0.15, 0.2) is 4.34 Å². The second-order valence-electron chi connectivity index (χ2n) is 6.13. The van der Waals surface area contributed by atoms with E-state index in [2.05, 4.69) is 22.1 Å². The van der Waals surface area contributed by atoms with E-state index in [0.717, 1.165) is 9.87 Å². The number of carbonyl (C=O) groups excluding carboxylic acids is 1. The van der Waals surface area contributed by atoms with Crippen molar-refractivity contribution < 1.29 is 13.2 Å². The Morgan fingerprint density at radius 3 is 2.57 bits per heavy atom. The number of carbonyl (C=O) groups is 1. The fourth-order valence-corrected chi connectivity index (χ4v) is 5.64. The van der Waals surface area contributed by atoms with Crippen LogP contribution in [-0.4, -0.2) is 36.8 Å². The lowest BCUT2D eigenvalue weighted by atomic mass is 10.2. The molecule has 1 N–H and O–H groups in total. The zero-order valence-corrected chi connectivity index (χ0v) is 18.6. The van der Waals surface area contributed by atoms with E-state index in [1.165, 1.54) is 35.2 Å². The Balaban J connectivity index is 1.86. The van der Waals surface area contributed by atoms with Gasteiger partial charge in [-0.15, -0.1) is 16.8 Å². The minimum absolute atomic E-state index is 0.111. The largest absolute Gasteiger partial charge is 0.299 e. The fraction of sp³-hybridized carbons (Fsp3) is 0.150. The molecule has 0 spiro atoms. The van der Waals surface area contributed by atoms with Gasteiger partial charge < -0.3 is 0 Å². The van der Waals surface area contributed by atoms with Crippen LogP contribution in [0.5, 0.6) is 0 Å². The molecule has 2 aromatic carbocycles. The van der Waals surface area contributed by atoms with Crippen LogP contribution in [-0.2, 0) is 14.8 Å². The van der Waals surface area contributed by atoms with E-state index in [0.29, 0.717) is 20.9 Å². The molecule has 0 aliphatic carbocycles. The van der Waals surface area contributed by atoms with Crippen LogP contribution in [0, 0.1) is 6.92 Å². The average Bonchev–Trinajstić information content (AvgIpc) is 3.19. The van der Waals surface area contributed by atoms with Gasteiger partial charge in [0.1, 0.15) is 6.54 Å². The minimum Gasteiger partial charge on any atom is -0.299 e. The van der Waals surface area contributed by atoms with Crippen molar-refractivity contribution in [3.8, 4) is 0 Å². The van der Waals surface area contributed by atoms with E-state index in [4.69, 9.17) is 0 Å². The summed E-state index contributed by atoms with van der Waals surface area (Å²) in [6, 6.07) is 15.1. The molecule has 0 unspecified atom stereocenters. The smallest absolute Gasteiger partial charge is 0.264 e. The van der Waals surface area contributed by atoms with Gasteiger partial charge in [0.05, 0.1) is 10.6 Å². The lowest BCUT2D eigenvalue weighted by Crippen LogP contribution is -2.38. The highest BCUT2D eigenvalue weighted by Crippen LogP contribution is 2.28. The van der Waals surface area contributed by atoms with Crippen LogP contribution >= 0.6 is 23.1 Å². The maximum Gasteiger partial charge on any atom is 0.264 e. The molecule has 1 amide bonds. The van der Waals surface area contributed by atoms with Crippen molar-refractivity contribution in [2.45, 2.75) is 16.2 Å². The predicted molar refractivity (Wildman–Crippen MR) is 122 cm³/mol. The van der Waals surface area contributed by atoms with Crippen LogP contribution in [0.15, 0.2) is 76.5 Å². The summed E-state index contributed by atoms with van der Waals surface area (Å²) in [7, 11) is -3.95. The molecule has 0 bridgehead atoms. The van der Waals surface area contributed by atoms with E-state index < -0.39 is 22.5 Å². The summed E-state index contributed by atoms with van der Waals surface area (Å²) in [5.74, 6) is 0.174. The standard InChI is InChI=1S/C20H20N4O3S3/c1-3-13-28-20-23-22-19(29-20)21-18(25)14-24(17-12-8-7-9-15(17)2)30(26,27)16-10-5-4-6-11-16/h3-12H,1,13-14H2,2H3,(H,21,22,25). The lowest BCUT2D eigenvalue weighted by molar-refractivity contribution is -0.114. The Morgan fingerprint density at radius 1 is 1.17 bits per heavy atom. The van der Waals surface area contributed by atoms with E-state index in [9.17, 15) is 13.2 Å². The summed E-state index contributed by atoms with van der Waals surface area (Å²) >= 11 is 2.68. The van der Waals surface area contributed by atoms with Crippen LogP contribution in [0.3, 0.4) is 0 Å². The molecule has 0 saturated heterocycles. The number of aryl methyl sites for hydroxylation is 1. The van der Waals surface area contributed by atoms with Gasteiger partial charge in [-0.05, 0) is 30.7 Å². The Morgan fingerprint density at radius 2 is 1.87 bits per heavy atom. The van der Waals surface area contributed by atoms with Gasteiger partial charge in [0.2, 0.25) is 11.0 Å². The molecule has 7 nitrogen and oxygen atoms in total. The third-order valence-electron chi connectivity index (χ3n) is 3.98. The first-order chi connectivity index (χ1) is 14.4. The van der Waals surface area contributed by atoms with Crippen molar-refractivity contribution >= 4 is 49.8 Å². The van der Waals surface area contributed by atoms with Gasteiger partial charge >= 0.3 is 0 Å². The van der Waals surface area contributed by atoms with Crippen LogP contribution in [0.2, 0.25) is 0 Å². The molecule has 1 aromatic heterocycles. The number of hydrogen-bond acceptors (Lipinski definition) is 7. The number of para-hydroxylation sites is 1. The molecule has 0 saturated carbocycles. The monoisotopic (exact) mass is 460 g/mol. The van der Waals surface area contributed by atoms with E-state index in [-0.39, 0.29) is 4.90 Å². The Labute approximate surface area is 183 Å². The third kappa shape index (κ3) is 5.26. The van der Waals surface area contributed by atoms with Gasteiger partial charge in [-0.25, -0.2) is 8.42 Å². The maximum atomic E-state index is 13.3. The van der Waals surface area contributed by atoms with E-state index >= 15 is 0 Å². The van der Waals surface area contributed by atoms with Crippen molar-refractivity contribution in [3.63, 3.8) is 0 Å². The molecule has 0 fully saturated rings. The number of hydrogen-bond donors (Lipinski definition) is 1. The predicted octanol–water partition coefficient (Wildman–Crippen LogP) is 3.96. The second kappa shape index (κ2) is 9.88. The molecule has 3 aromatic rings. The Hall–Kier alpha value is -2.69. The number of aromatic nitrogens is 2. The first-order valence-corrected chi connectivity index (χ1v) is 12.2. The first kappa shape index (κ1) is 22.0. The van der Waals surface area contributed by atoms with Gasteiger partial charge in [-0.3, -0.25) is 14.4 Å². The number of benzene rings is 2. The summed E-state index contributed by atoms with van der Waals surface area (Å²) < 4.78 is 28.4. The molecule has 1 heterocycles. The minimum atomic E-state index is -3.95. The van der Waals surface area contributed by atoms with Crippen molar-refractivity contribution in [2.24, 2.45) is 0 Å².